The van der Waals surface area contributed by atoms with E-state index in [1.54, 1.807) is 6.20 Å². The number of nitrogens with zero attached hydrogens (tertiary/aromatic N) is 4. The Balaban J connectivity index is 1.49. The first-order valence-corrected chi connectivity index (χ1v) is 9.09. The summed E-state index contributed by atoms with van der Waals surface area (Å²) in [6, 6.07) is 11.1. The Hall–Kier alpha value is -3.22. The van der Waals surface area contributed by atoms with E-state index in [4.69, 9.17) is 0 Å². The molecule has 138 valence electrons. The molecule has 1 amide bonds. The van der Waals surface area contributed by atoms with E-state index >= 15 is 0 Å². The molecule has 0 unspecified atom stereocenters. The third-order valence-electron chi connectivity index (χ3n) is 4.90. The maximum Gasteiger partial charge on any atom is 0.253 e. The smallest absolute Gasteiger partial charge is 0.253 e. The molecular weight excluding hydrogens is 342 g/mol. The van der Waals surface area contributed by atoms with Crippen molar-refractivity contribution in [2.24, 2.45) is 0 Å². The third kappa shape index (κ3) is 3.97. The van der Waals surface area contributed by atoms with Crippen molar-refractivity contribution in [3.8, 4) is 0 Å². The Bertz CT molecular complexity index is 980. The number of benzene rings is 1. The Labute approximate surface area is 156 Å². The van der Waals surface area contributed by atoms with E-state index < -0.39 is 0 Å². The molecule has 1 aliphatic heterocycles. The number of rotatable bonds is 4. The molecule has 4 rings (SSSR count). The van der Waals surface area contributed by atoms with Gasteiger partial charge in [-0.3, -0.25) is 14.3 Å². The van der Waals surface area contributed by atoms with Crippen molar-refractivity contribution in [3.63, 3.8) is 0 Å². The number of hydrogen-bond donors (Lipinski definition) is 1. The molecule has 0 saturated carbocycles. The Morgan fingerprint density at radius 3 is 3.00 bits per heavy atom. The van der Waals surface area contributed by atoms with Gasteiger partial charge in [0.1, 0.15) is 0 Å². The fourth-order valence-electron chi connectivity index (χ4n) is 3.58. The number of nitrogens with one attached hydrogen (secondary N) is 1. The summed E-state index contributed by atoms with van der Waals surface area (Å²) in [6.07, 6.45) is 6.90. The first-order valence-electron chi connectivity index (χ1n) is 9.09. The van der Waals surface area contributed by atoms with Gasteiger partial charge in [-0.2, -0.15) is 5.10 Å². The molecule has 1 aromatic carbocycles. The topological polar surface area (TPSA) is 83.9 Å². The number of carbonyl (C=O) groups excluding carboxylic acids is 1. The zero-order valence-corrected chi connectivity index (χ0v) is 14.9. The maximum absolute atomic E-state index is 13.0. The van der Waals surface area contributed by atoms with Gasteiger partial charge < -0.3 is 9.88 Å². The number of likely N-dealkylation sites (tertiary alicyclic amines) is 1. The molecule has 1 atom stereocenters. The number of amides is 1. The first kappa shape index (κ1) is 17.2. The highest BCUT2D eigenvalue weighted by atomic mass is 16.2. The van der Waals surface area contributed by atoms with Crippen molar-refractivity contribution < 1.29 is 4.79 Å². The van der Waals surface area contributed by atoms with Gasteiger partial charge in [-0.05, 0) is 36.6 Å². The lowest BCUT2D eigenvalue weighted by Crippen LogP contribution is -2.39. The highest BCUT2D eigenvalue weighted by molar-refractivity contribution is 5.94. The summed E-state index contributed by atoms with van der Waals surface area (Å²) in [5.41, 5.74) is 2.31. The fraction of sp³-hybridized carbons (Fsp3) is 0.300. The minimum atomic E-state index is -0.158. The number of aromatic amines is 1. The van der Waals surface area contributed by atoms with Gasteiger partial charge in [0, 0.05) is 43.0 Å². The second-order valence-corrected chi connectivity index (χ2v) is 6.83. The Morgan fingerprint density at radius 1 is 1.26 bits per heavy atom. The van der Waals surface area contributed by atoms with Crippen LogP contribution in [0.3, 0.4) is 0 Å². The second-order valence-electron chi connectivity index (χ2n) is 6.83. The normalized spacial score (nSPS) is 17.0. The molecule has 0 bridgehead atoms. The number of carbonyl (C=O) groups is 1. The van der Waals surface area contributed by atoms with Crippen LogP contribution in [-0.2, 0) is 6.54 Å². The van der Waals surface area contributed by atoms with Gasteiger partial charge in [-0.15, -0.1) is 0 Å². The van der Waals surface area contributed by atoms with Gasteiger partial charge in [0.25, 0.3) is 11.5 Å². The summed E-state index contributed by atoms with van der Waals surface area (Å²) in [5.74, 6) is 0.115. The van der Waals surface area contributed by atoms with E-state index in [1.165, 1.54) is 12.4 Å². The monoisotopic (exact) mass is 363 g/mol. The van der Waals surface area contributed by atoms with E-state index in [0.29, 0.717) is 18.7 Å². The number of piperidine rings is 1. The zero-order valence-electron chi connectivity index (χ0n) is 14.9. The molecule has 2 aromatic heterocycles. The van der Waals surface area contributed by atoms with Crippen LogP contribution < -0.4 is 5.56 Å². The maximum atomic E-state index is 13.0. The van der Waals surface area contributed by atoms with Crippen molar-refractivity contribution in [3.05, 3.63) is 82.3 Å². The van der Waals surface area contributed by atoms with Gasteiger partial charge in [0.2, 0.25) is 0 Å². The highest BCUT2D eigenvalue weighted by Crippen LogP contribution is 2.25. The summed E-state index contributed by atoms with van der Waals surface area (Å²) in [4.78, 5) is 33.3. The van der Waals surface area contributed by atoms with Crippen molar-refractivity contribution in [2.45, 2.75) is 25.3 Å². The fourth-order valence-corrected chi connectivity index (χ4v) is 3.58. The minimum absolute atomic E-state index is 0.0202. The summed E-state index contributed by atoms with van der Waals surface area (Å²) < 4.78 is 1.83. The molecular formula is C20H21N5O2. The Morgan fingerprint density at radius 2 is 2.19 bits per heavy atom. The van der Waals surface area contributed by atoms with Crippen LogP contribution in [0.1, 0.15) is 40.4 Å². The van der Waals surface area contributed by atoms with Gasteiger partial charge in [0.05, 0.1) is 18.6 Å². The van der Waals surface area contributed by atoms with Gasteiger partial charge >= 0.3 is 0 Å². The van der Waals surface area contributed by atoms with Crippen molar-refractivity contribution in [1.29, 1.82) is 0 Å². The van der Waals surface area contributed by atoms with Crippen LogP contribution in [0.15, 0.2) is 59.9 Å². The van der Waals surface area contributed by atoms with Crippen molar-refractivity contribution in [2.75, 3.05) is 13.1 Å². The summed E-state index contributed by atoms with van der Waals surface area (Å²) in [7, 11) is 0. The van der Waals surface area contributed by atoms with Crippen LogP contribution in [0.4, 0.5) is 0 Å². The van der Waals surface area contributed by atoms with Crippen LogP contribution >= 0.6 is 0 Å². The standard InChI is InChI=1S/C20H21N5O2/c26-19-11-18(21-14-22-19)17-6-2-8-24(13-17)20(27)16-5-1-4-15(10-16)12-25-9-3-7-23-25/h1,3-5,7,9-11,14,17H,2,6,8,12-13H2,(H,21,22,26)/t17-/m1/s1. The average molecular weight is 363 g/mol. The first-order chi connectivity index (χ1) is 13.2. The average Bonchev–Trinajstić information content (AvgIpc) is 3.21. The highest BCUT2D eigenvalue weighted by Gasteiger charge is 2.26. The van der Waals surface area contributed by atoms with Crippen LogP contribution in [0.25, 0.3) is 0 Å². The molecule has 7 nitrogen and oxygen atoms in total. The molecule has 0 spiro atoms. The lowest BCUT2D eigenvalue weighted by molar-refractivity contribution is 0.0705. The summed E-state index contributed by atoms with van der Waals surface area (Å²) in [6.45, 7) is 1.94. The molecule has 7 heteroatoms. The molecule has 0 radical (unpaired) electrons. The zero-order chi connectivity index (χ0) is 18.6. The van der Waals surface area contributed by atoms with E-state index in [1.807, 2.05) is 46.1 Å². The molecule has 1 saturated heterocycles. The van der Waals surface area contributed by atoms with E-state index in [9.17, 15) is 9.59 Å². The summed E-state index contributed by atoms with van der Waals surface area (Å²) in [5, 5.41) is 4.21. The van der Waals surface area contributed by atoms with Crippen LogP contribution in [0, 0.1) is 0 Å². The van der Waals surface area contributed by atoms with Gasteiger partial charge in [-0.1, -0.05) is 12.1 Å². The predicted molar refractivity (Wildman–Crippen MR) is 101 cm³/mol. The quantitative estimate of drug-likeness (QED) is 0.769. The van der Waals surface area contributed by atoms with E-state index in [0.717, 1.165) is 30.6 Å². The molecule has 3 aromatic rings. The SMILES string of the molecule is O=C(c1cccc(Cn2cccn2)c1)N1CCC[C@@H](c2cc(=O)[nH]cn2)C1. The molecule has 1 fully saturated rings. The van der Waals surface area contributed by atoms with Gasteiger partial charge in [-0.25, -0.2) is 4.98 Å². The molecule has 27 heavy (non-hydrogen) atoms. The van der Waals surface area contributed by atoms with Crippen molar-refractivity contribution in [1.82, 2.24) is 24.6 Å². The predicted octanol–water partition coefficient (Wildman–Crippen LogP) is 2.03. The summed E-state index contributed by atoms with van der Waals surface area (Å²) >= 11 is 0. The molecule has 1 N–H and O–H groups in total. The number of aromatic nitrogens is 4. The van der Waals surface area contributed by atoms with Crippen LogP contribution in [0.2, 0.25) is 0 Å². The van der Waals surface area contributed by atoms with Crippen molar-refractivity contribution >= 4 is 5.91 Å². The largest absolute Gasteiger partial charge is 0.338 e. The molecule has 1 aliphatic rings. The lowest BCUT2D eigenvalue weighted by Gasteiger charge is -2.32. The minimum Gasteiger partial charge on any atom is -0.338 e. The lowest BCUT2D eigenvalue weighted by atomic mass is 9.94. The Kier molecular flexibility index (Phi) is 4.82. The molecule has 0 aliphatic carbocycles. The number of hydrogen-bond acceptors (Lipinski definition) is 4. The third-order valence-corrected chi connectivity index (χ3v) is 4.90. The van der Waals surface area contributed by atoms with E-state index in [2.05, 4.69) is 15.1 Å². The number of H-pyrrole nitrogens is 1. The van der Waals surface area contributed by atoms with Crippen LogP contribution in [-0.4, -0.2) is 43.6 Å². The van der Waals surface area contributed by atoms with E-state index in [-0.39, 0.29) is 17.4 Å². The van der Waals surface area contributed by atoms with Gasteiger partial charge in [0.15, 0.2) is 0 Å². The van der Waals surface area contributed by atoms with Crippen LogP contribution in [0.5, 0.6) is 0 Å². The molecule has 3 heterocycles. The second kappa shape index (κ2) is 7.57.